The van der Waals surface area contributed by atoms with Crippen molar-refractivity contribution in [3.05, 3.63) is 205 Å². The van der Waals surface area contributed by atoms with Crippen LogP contribution in [0.5, 0.6) is 0 Å². The summed E-state index contributed by atoms with van der Waals surface area (Å²) in [6.07, 6.45) is 0. The normalized spacial score (nSPS) is 13.1. The molecule has 264 valence electrons. The topological polar surface area (TPSA) is 0 Å². The van der Waals surface area contributed by atoms with Gasteiger partial charge in [-0.05, 0) is 123 Å². The van der Waals surface area contributed by atoms with Gasteiger partial charge in [-0.25, -0.2) is 0 Å². The van der Waals surface area contributed by atoms with Crippen LogP contribution in [0.1, 0.15) is 30.5 Å². The van der Waals surface area contributed by atoms with Crippen LogP contribution in [0, 0.1) is 6.92 Å². The fourth-order valence-electron chi connectivity index (χ4n) is 9.93. The molecule has 0 N–H and O–H groups in total. The van der Waals surface area contributed by atoms with Gasteiger partial charge in [-0.15, -0.1) is 0 Å². The summed E-state index contributed by atoms with van der Waals surface area (Å²) < 4.78 is 0. The van der Waals surface area contributed by atoms with Crippen molar-refractivity contribution in [2.45, 2.75) is 26.2 Å². The minimum atomic E-state index is -0.0658. The Morgan fingerprint density at radius 2 is 0.679 bits per heavy atom. The number of aryl methyl sites for hydroxylation is 1. The molecule has 0 spiro atoms. The van der Waals surface area contributed by atoms with Crippen molar-refractivity contribution in [2.75, 3.05) is 0 Å². The lowest BCUT2D eigenvalue weighted by atomic mass is 9.80. The number of hydrogen-bond donors (Lipinski definition) is 0. The molecule has 0 heterocycles. The van der Waals surface area contributed by atoms with E-state index in [1.807, 2.05) is 0 Å². The fourth-order valence-corrected chi connectivity index (χ4v) is 9.93. The monoisotopic (exact) mass is 712 g/mol. The van der Waals surface area contributed by atoms with E-state index in [-0.39, 0.29) is 5.41 Å². The Balaban J connectivity index is 1.11. The third-order valence-electron chi connectivity index (χ3n) is 12.5. The lowest BCUT2D eigenvalue weighted by Crippen LogP contribution is -2.14. The SMILES string of the molecule is Cc1ccc2c(-c3ccc(-c4c5ccccc5c(-c5ccccc5)c5ccccc45)cc3)c3ccccc3c(-c3ccc4c(c3)C(C)(C)c3ccccc3-4)c2c1. The molecule has 0 saturated heterocycles. The van der Waals surface area contributed by atoms with E-state index in [0.717, 1.165) is 0 Å². The molecule has 0 nitrogen and oxygen atoms in total. The maximum absolute atomic E-state index is 2.48. The Hall–Kier alpha value is -6.76. The number of rotatable bonds is 4. The Morgan fingerprint density at radius 3 is 1.21 bits per heavy atom. The van der Waals surface area contributed by atoms with Gasteiger partial charge in [0.2, 0.25) is 0 Å². The largest absolute Gasteiger partial charge is 0.0622 e. The number of benzene rings is 10. The maximum Gasteiger partial charge on any atom is 0.0159 e. The van der Waals surface area contributed by atoms with Crippen LogP contribution in [0.15, 0.2) is 188 Å². The maximum atomic E-state index is 2.48. The third kappa shape index (κ3) is 4.79. The summed E-state index contributed by atoms with van der Waals surface area (Å²) in [6.45, 7) is 6.96. The zero-order valence-corrected chi connectivity index (χ0v) is 31.9. The van der Waals surface area contributed by atoms with E-state index >= 15 is 0 Å². The lowest BCUT2D eigenvalue weighted by Gasteiger charge is -2.23. The van der Waals surface area contributed by atoms with Crippen molar-refractivity contribution in [1.82, 2.24) is 0 Å². The molecule has 0 bridgehead atoms. The highest BCUT2D eigenvalue weighted by atomic mass is 14.4. The van der Waals surface area contributed by atoms with Crippen LogP contribution in [0.2, 0.25) is 0 Å². The molecule has 10 aromatic rings. The average Bonchev–Trinajstić information content (AvgIpc) is 3.47. The molecule has 0 amide bonds. The van der Waals surface area contributed by atoms with Gasteiger partial charge < -0.3 is 0 Å². The van der Waals surface area contributed by atoms with E-state index in [1.165, 1.54) is 115 Å². The molecule has 0 aliphatic heterocycles. The predicted octanol–water partition coefficient (Wildman–Crippen LogP) is 15.6. The van der Waals surface area contributed by atoms with Crippen molar-refractivity contribution < 1.29 is 0 Å². The van der Waals surface area contributed by atoms with Crippen LogP contribution < -0.4 is 0 Å². The van der Waals surface area contributed by atoms with E-state index in [2.05, 4.69) is 209 Å². The first-order chi connectivity index (χ1) is 27.5. The first kappa shape index (κ1) is 32.7. The second-order valence-corrected chi connectivity index (χ2v) is 16.1. The fraction of sp³-hybridized carbons (Fsp3) is 0.0714. The molecular formula is C56H40. The smallest absolute Gasteiger partial charge is 0.0159 e. The van der Waals surface area contributed by atoms with Crippen LogP contribution in [0.25, 0.3) is 98.7 Å². The average molecular weight is 713 g/mol. The van der Waals surface area contributed by atoms with Crippen molar-refractivity contribution in [2.24, 2.45) is 0 Å². The van der Waals surface area contributed by atoms with E-state index in [0.29, 0.717) is 0 Å². The minimum absolute atomic E-state index is 0.0658. The summed E-state index contributed by atoms with van der Waals surface area (Å²) in [5.74, 6) is 0. The molecule has 10 aromatic carbocycles. The van der Waals surface area contributed by atoms with Crippen molar-refractivity contribution in [3.8, 4) is 55.6 Å². The summed E-state index contributed by atoms with van der Waals surface area (Å²) in [5.41, 5.74) is 16.9. The van der Waals surface area contributed by atoms with Crippen molar-refractivity contribution in [1.29, 1.82) is 0 Å². The summed E-state index contributed by atoms with van der Waals surface area (Å²) in [6, 6.07) is 70.2. The highest BCUT2D eigenvalue weighted by molar-refractivity contribution is 6.23. The van der Waals surface area contributed by atoms with Crippen molar-refractivity contribution >= 4 is 43.1 Å². The molecule has 0 atom stereocenters. The highest BCUT2D eigenvalue weighted by Gasteiger charge is 2.35. The zero-order chi connectivity index (χ0) is 37.5. The van der Waals surface area contributed by atoms with Gasteiger partial charge in [0.15, 0.2) is 0 Å². The Morgan fingerprint density at radius 1 is 0.286 bits per heavy atom. The highest BCUT2D eigenvalue weighted by Crippen LogP contribution is 2.52. The van der Waals surface area contributed by atoms with Gasteiger partial charge in [0.05, 0.1) is 0 Å². The molecule has 0 fully saturated rings. The van der Waals surface area contributed by atoms with Gasteiger partial charge in [0, 0.05) is 5.41 Å². The molecule has 11 rings (SSSR count). The Kier molecular flexibility index (Phi) is 7.22. The van der Waals surface area contributed by atoms with E-state index in [4.69, 9.17) is 0 Å². The number of hydrogen-bond acceptors (Lipinski definition) is 0. The van der Waals surface area contributed by atoms with Crippen molar-refractivity contribution in [3.63, 3.8) is 0 Å². The van der Waals surface area contributed by atoms with Gasteiger partial charge in [-0.1, -0.05) is 201 Å². The molecule has 0 aromatic heterocycles. The second kappa shape index (κ2) is 12.4. The van der Waals surface area contributed by atoms with Gasteiger partial charge in [-0.3, -0.25) is 0 Å². The third-order valence-corrected chi connectivity index (χ3v) is 12.5. The molecule has 1 aliphatic carbocycles. The van der Waals surface area contributed by atoms with E-state index < -0.39 is 0 Å². The number of fused-ring (bicyclic) bond motifs is 7. The first-order valence-corrected chi connectivity index (χ1v) is 19.8. The predicted molar refractivity (Wildman–Crippen MR) is 241 cm³/mol. The molecule has 0 heteroatoms. The van der Waals surface area contributed by atoms with Crippen LogP contribution in [-0.4, -0.2) is 0 Å². The second-order valence-electron chi connectivity index (χ2n) is 16.1. The molecule has 0 unspecified atom stereocenters. The molecule has 0 saturated carbocycles. The van der Waals surface area contributed by atoms with Gasteiger partial charge in [-0.2, -0.15) is 0 Å². The van der Waals surface area contributed by atoms with Gasteiger partial charge >= 0.3 is 0 Å². The summed E-state index contributed by atoms with van der Waals surface area (Å²) >= 11 is 0. The van der Waals surface area contributed by atoms with Gasteiger partial charge in [0.1, 0.15) is 0 Å². The van der Waals surface area contributed by atoms with E-state index in [9.17, 15) is 0 Å². The van der Waals surface area contributed by atoms with E-state index in [1.54, 1.807) is 0 Å². The summed E-state index contributed by atoms with van der Waals surface area (Å²) in [5, 5.41) is 10.2. The lowest BCUT2D eigenvalue weighted by molar-refractivity contribution is 0.660. The molecule has 56 heavy (non-hydrogen) atoms. The molecular weight excluding hydrogens is 673 g/mol. The van der Waals surface area contributed by atoms with Crippen LogP contribution in [0.4, 0.5) is 0 Å². The standard InChI is InChI=1S/C56H40/c1-35-25-31-48-49(33-35)55(39-30-32-41-40-17-13-14-24-50(40)56(2,3)51(41)34-39)47-23-12-11-22-46(47)54(48)38-28-26-37(27-29-38)53-44-20-9-7-18-42(44)52(36-15-5-4-6-16-36)43-19-8-10-21-45(43)53/h4-34H,1-3H3. The minimum Gasteiger partial charge on any atom is -0.0622 e. The quantitative estimate of drug-likeness (QED) is 0.159. The molecule has 1 aliphatic rings. The molecule has 0 radical (unpaired) electrons. The van der Waals surface area contributed by atoms with Crippen LogP contribution >= 0.6 is 0 Å². The van der Waals surface area contributed by atoms with Crippen LogP contribution in [-0.2, 0) is 5.41 Å². The summed E-state index contributed by atoms with van der Waals surface area (Å²) in [7, 11) is 0. The van der Waals surface area contributed by atoms with Gasteiger partial charge in [0.25, 0.3) is 0 Å². The Bertz CT molecular complexity index is 3140. The first-order valence-electron chi connectivity index (χ1n) is 19.8. The summed E-state index contributed by atoms with van der Waals surface area (Å²) in [4.78, 5) is 0. The zero-order valence-electron chi connectivity index (χ0n) is 31.9. The Labute approximate surface area is 328 Å². The van der Waals surface area contributed by atoms with Crippen LogP contribution in [0.3, 0.4) is 0 Å².